The van der Waals surface area contributed by atoms with Crippen molar-refractivity contribution in [3.8, 4) is 0 Å². The Morgan fingerprint density at radius 2 is 1.81 bits per heavy atom. The van der Waals surface area contributed by atoms with Gasteiger partial charge in [0.1, 0.15) is 0 Å². The van der Waals surface area contributed by atoms with Crippen LogP contribution in [0.2, 0.25) is 0 Å². The van der Waals surface area contributed by atoms with E-state index in [1.807, 2.05) is 36.9 Å². The zero-order valence-corrected chi connectivity index (χ0v) is 16.8. The lowest BCUT2D eigenvalue weighted by Gasteiger charge is -2.31. The van der Waals surface area contributed by atoms with Gasteiger partial charge in [-0.3, -0.25) is 9.59 Å². The largest absolute Gasteiger partial charge is 0.356 e. The van der Waals surface area contributed by atoms with Crippen LogP contribution in [-0.2, 0) is 9.59 Å². The van der Waals surface area contributed by atoms with E-state index in [1.54, 1.807) is 0 Å². The molecule has 4 nitrogen and oxygen atoms in total. The molecular weight excluding hydrogens is 324 g/mol. The molecule has 0 heterocycles. The number of nitrogens with one attached hydrogen (secondary N) is 1. The molecule has 26 heavy (non-hydrogen) atoms. The Balaban J connectivity index is 1.88. The number of amides is 2. The molecule has 1 aromatic rings. The third-order valence-electron chi connectivity index (χ3n) is 5.36. The van der Waals surface area contributed by atoms with Crippen molar-refractivity contribution in [1.82, 2.24) is 5.32 Å². The van der Waals surface area contributed by atoms with Crippen LogP contribution in [0.4, 0.5) is 5.69 Å². The summed E-state index contributed by atoms with van der Waals surface area (Å²) in [5.41, 5.74) is 2.14. The van der Waals surface area contributed by atoms with Crippen LogP contribution in [-0.4, -0.2) is 24.9 Å². The zero-order chi connectivity index (χ0) is 19.1. The predicted molar refractivity (Wildman–Crippen MR) is 107 cm³/mol. The van der Waals surface area contributed by atoms with Crippen molar-refractivity contribution >= 4 is 17.5 Å². The molecule has 0 aliphatic heterocycles. The van der Waals surface area contributed by atoms with Crippen LogP contribution in [0, 0.1) is 24.7 Å². The average Bonchev–Trinajstić information content (AvgIpc) is 2.62. The number of carbonyl (C=O) groups is 2. The van der Waals surface area contributed by atoms with Gasteiger partial charge < -0.3 is 10.2 Å². The van der Waals surface area contributed by atoms with Gasteiger partial charge in [-0.1, -0.05) is 26.0 Å². The van der Waals surface area contributed by atoms with Crippen LogP contribution in [0.15, 0.2) is 24.3 Å². The molecule has 1 N–H and O–H groups in total. The normalized spacial score (nSPS) is 20.0. The highest BCUT2D eigenvalue weighted by atomic mass is 16.2. The van der Waals surface area contributed by atoms with E-state index < -0.39 is 0 Å². The van der Waals surface area contributed by atoms with Gasteiger partial charge in [0.25, 0.3) is 0 Å². The first kappa shape index (κ1) is 20.5. The fraction of sp³-hybridized carbons (Fsp3) is 0.636. The highest BCUT2D eigenvalue weighted by molar-refractivity contribution is 5.95. The minimum Gasteiger partial charge on any atom is -0.356 e. The molecule has 1 fully saturated rings. The summed E-state index contributed by atoms with van der Waals surface area (Å²) >= 11 is 0. The van der Waals surface area contributed by atoms with Crippen molar-refractivity contribution in [2.75, 3.05) is 18.0 Å². The van der Waals surface area contributed by atoms with Crippen LogP contribution in [0.1, 0.15) is 58.4 Å². The second kappa shape index (κ2) is 9.75. The Bertz CT molecular complexity index is 604. The fourth-order valence-corrected chi connectivity index (χ4v) is 3.71. The lowest BCUT2D eigenvalue weighted by molar-refractivity contribution is -0.129. The van der Waals surface area contributed by atoms with E-state index in [4.69, 9.17) is 0 Å². The summed E-state index contributed by atoms with van der Waals surface area (Å²) in [7, 11) is 0. The number of rotatable bonds is 7. The highest BCUT2D eigenvalue weighted by Gasteiger charge is 2.32. The maximum atomic E-state index is 13.0. The second-order valence-electron chi connectivity index (χ2n) is 7.94. The summed E-state index contributed by atoms with van der Waals surface area (Å²) in [4.78, 5) is 27.2. The first-order valence-corrected chi connectivity index (χ1v) is 10.1. The molecule has 0 bridgehead atoms. The van der Waals surface area contributed by atoms with Crippen molar-refractivity contribution in [2.45, 2.75) is 59.8 Å². The number of hydrogen-bond acceptors (Lipinski definition) is 2. The molecule has 1 aromatic carbocycles. The van der Waals surface area contributed by atoms with Crippen molar-refractivity contribution in [3.63, 3.8) is 0 Å². The molecular formula is C22H34N2O2. The van der Waals surface area contributed by atoms with E-state index in [2.05, 4.69) is 25.2 Å². The molecule has 0 aromatic heterocycles. The monoisotopic (exact) mass is 358 g/mol. The van der Waals surface area contributed by atoms with Crippen LogP contribution >= 0.6 is 0 Å². The third kappa shape index (κ3) is 5.58. The molecule has 4 heteroatoms. The van der Waals surface area contributed by atoms with Gasteiger partial charge in [-0.2, -0.15) is 0 Å². The van der Waals surface area contributed by atoms with Crippen LogP contribution < -0.4 is 10.2 Å². The van der Waals surface area contributed by atoms with E-state index >= 15 is 0 Å². The van der Waals surface area contributed by atoms with Gasteiger partial charge in [-0.25, -0.2) is 0 Å². The molecule has 1 saturated carbocycles. The van der Waals surface area contributed by atoms with Gasteiger partial charge >= 0.3 is 0 Å². The van der Waals surface area contributed by atoms with Crippen molar-refractivity contribution in [1.29, 1.82) is 0 Å². The van der Waals surface area contributed by atoms with Crippen LogP contribution in [0.5, 0.6) is 0 Å². The average molecular weight is 359 g/mol. The number of hydrogen-bond donors (Lipinski definition) is 1. The van der Waals surface area contributed by atoms with Crippen molar-refractivity contribution < 1.29 is 9.59 Å². The summed E-state index contributed by atoms with van der Waals surface area (Å²) in [6.45, 7) is 9.83. The van der Waals surface area contributed by atoms with E-state index in [0.29, 0.717) is 12.5 Å². The Labute approximate surface area is 158 Å². The SMILES string of the molecule is CCN(C(=O)C1CCC(C(=O)NCCC(C)C)CC1)c1cccc(C)c1. The molecule has 0 saturated heterocycles. The Hall–Kier alpha value is -1.84. The zero-order valence-electron chi connectivity index (χ0n) is 16.8. The summed E-state index contributed by atoms with van der Waals surface area (Å²) in [5.74, 6) is 1.08. The summed E-state index contributed by atoms with van der Waals surface area (Å²) < 4.78 is 0. The van der Waals surface area contributed by atoms with Gasteiger partial charge in [0.2, 0.25) is 11.8 Å². The van der Waals surface area contributed by atoms with Crippen LogP contribution in [0.25, 0.3) is 0 Å². The van der Waals surface area contributed by atoms with Gasteiger partial charge in [0.15, 0.2) is 0 Å². The maximum absolute atomic E-state index is 13.0. The van der Waals surface area contributed by atoms with E-state index in [0.717, 1.165) is 49.9 Å². The first-order valence-electron chi connectivity index (χ1n) is 10.1. The van der Waals surface area contributed by atoms with E-state index in [1.165, 1.54) is 0 Å². The van der Waals surface area contributed by atoms with Gasteiger partial charge in [0.05, 0.1) is 0 Å². The Kier molecular flexibility index (Phi) is 7.67. The quantitative estimate of drug-likeness (QED) is 0.789. The molecule has 0 unspecified atom stereocenters. The summed E-state index contributed by atoms with van der Waals surface area (Å²) in [5, 5.41) is 3.06. The smallest absolute Gasteiger partial charge is 0.230 e. The number of carbonyl (C=O) groups excluding carboxylic acids is 2. The lowest BCUT2D eigenvalue weighted by atomic mass is 9.80. The molecule has 2 rings (SSSR count). The van der Waals surface area contributed by atoms with E-state index in [-0.39, 0.29) is 23.7 Å². The van der Waals surface area contributed by atoms with E-state index in [9.17, 15) is 9.59 Å². The number of aryl methyl sites for hydroxylation is 1. The second-order valence-corrected chi connectivity index (χ2v) is 7.94. The number of anilines is 1. The Morgan fingerprint density at radius 3 is 2.38 bits per heavy atom. The lowest BCUT2D eigenvalue weighted by Crippen LogP contribution is -2.40. The highest BCUT2D eigenvalue weighted by Crippen LogP contribution is 2.31. The number of benzene rings is 1. The minimum absolute atomic E-state index is 0.0372. The van der Waals surface area contributed by atoms with Crippen LogP contribution in [0.3, 0.4) is 0 Å². The first-order chi connectivity index (χ1) is 12.4. The molecule has 0 radical (unpaired) electrons. The predicted octanol–water partition coefficient (Wildman–Crippen LogP) is 4.32. The molecule has 144 valence electrons. The summed E-state index contributed by atoms with van der Waals surface area (Å²) in [6, 6.07) is 8.11. The topological polar surface area (TPSA) is 49.4 Å². The minimum atomic E-state index is 0.0372. The molecule has 1 aliphatic rings. The molecule has 2 amide bonds. The molecule has 0 atom stereocenters. The molecule has 0 spiro atoms. The third-order valence-corrected chi connectivity index (χ3v) is 5.36. The van der Waals surface area contributed by atoms with Gasteiger partial charge in [-0.15, -0.1) is 0 Å². The summed E-state index contributed by atoms with van der Waals surface area (Å²) in [6.07, 6.45) is 4.26. The van der Waals surface area contributed by atoms with Gasteiger partial charge in [0, 0.05) is 30.6 Å². The number of nitrogens with zero attached hydrogens (tertiary/aromatic N) is 1. The Morgan fingerprint density at radius 1 is 1.15 bits per heavy atom. The van der Waals surface area contributed by atoms with Gasteiger partial charge in [-0.05, 0) is 69.6 Å². The molecule has 1 aliphatic carbocycles. The maximum Gasteiger partial charge on any atom is 0.230 e. The van der Waals surface area contributed by atoms with Crippen molar-refractivity contribution in [2.24, 2.45) is 17.8 Å². The van der Waals surface area contributed by atoms with Crippen molar-refractivity contribution in [3.05, 3.63) is 29.8 Å². The fourth-order valence-electron chi connectivity index (χ4n) is 3.71. The standard InChI is InChI=1S/C22H34N2O2/c1-5-24(20-8-6-7-17(4)15-20)22(26)19-11-9-18(10-12-19)21(25)23-14-13-16(2)3/h6-8,15-16,18-19H,5,9-14H2,1-4H3,(H,23,25).